The van der Waals surface area contributed by atoms with E-state index in [1.165, 1.54) is 6.08 Å². The summed E-state index contributed by atoms with van der Waals surface area (Å²) in [6.45, 7) is 0.436. The molecule has 0 fully saturated rings. The average molecular weight is 350 g/mol. The zero-order valence-corrected chi connectivity index (χ0v) is 13.4. The molecule has 21 heavy (non-hydrogen) atoms. The van der Waals surface area contributed by atoms with Gasteiger partial charge in [0.1, 0.15) is 11.6 Å². The Bertz CT molecular complexity index is 638. The third-order valence-electron chi connectivity index (χ3n) is 2.92. The number of benzene rings is 1. The van der Waals surface area contributed by atoms with Crippen LogP contribution in [0.25, 0.3) is 6.08 Å². The summed E-state index contributed by atoms with van der Waals surface area (Å²) in [6.07, 6.45) is 6.66. The molecule has 0 unspecified atom stereocenters. The van der Waals surface area contributed by atoms with E-state index in [1.807, 2.05) is 18.2 Å². The molecule has 2 aromatic rings. The average Bonchev–Trinajstić information content (AvgIpc) is 2.97. The van der Waals surface area contributed by atoms with Crippen molar-refractivity contribution < 1.29 is 9.53 Å². The Morgan fingerprint density at radius 3 is 3.00 bits per heavy atom. The highest BCUT2D eigenvalue weighted by Crippen LogP contribution is 2.24. The van der Waals surface area contributed by atoms with Crippen molar-refractivity contribution in [3.63, 3.8) is 0 Å². The van der Waals surface area contributed by atoms with E-state index >= 15 is 0 Å². The number of imidazole rings is 1. The van der Waals surface area contributed by atoms with Gasteiger partial charge in [-0.2, -0.15) is 0 Å². The highest BCUT2D eigenvalue weighted by atomic mass is 79.9. The number of carbonyl (C=O) groups excluding carboxylic acids is 1. The molecule has 0 spiro atoms. The summed E-state index contributed by atoms with van der Waals surface area (Å²) in [7, 11) is 3.33. The van der Waals surface area contributed by atoms with E-state index in [0.717, 1.165) is 21.6 Å². The maximum absolute atomic E-state index is 12.1. The highest BCUT2D eigenvalue weighted by molar-refractivity contribution is 9.10. The van der Waals surface area contributed by atoms with Crippen LogP contribution in [0.4, 0.5) is 0 Å². The van der Waals surface area contributed by atoms with Crippen LogP contribution in [0.1, 0.15) is 11.4 Å². The van der Waals surface area contributed by atoms with Gasteiger partial charge in [0.2, 0.25) is 5.91 Å². The van der Waals surface area contributed by atoms with E-state index in [0.29, 0.717) is 6.54 Å². The fraction of sp³-hybridized carbons (Fsp3) is 0.200. The summed E-state index contributed by atoms with van der Waals surface area (Å²) in [5, 5.41) is 0. The number of ether oxygens (including phenoxy) is 1. The molecule has 6 heteroatoms. The van der Waals surface area contributed by atoms with E-state index < -0.39 is 0 Å². The molecule has 0 aliphatic carbocycles. The minimum atomic E-state index is -0.103. The Morgan fingerprint density at radius 1 is 1.52 bits per heavy atom. The van der Waals surface area contributed by atoms with Crippen molar-refractivity contribution >= 4 is 27.9 Å². The van der Waals surface area contributed by atoms with Gasteiger partial charge in [0.05, 0.1) is 13.7 Å². The van der Waals surface area contributed by atoms with Gasteiger partial charge < -0.3 is 14.6 Å². The lowest BCUT2D eigenvalue weighted by Crippen LogP contribution is -2.24. The summed E-state index contributed by atoms with van der Waals surface area (Å²) >= 11 is 3.40. The Balaban J connectivity index is 2.06. The van der Waals surface area contributed by atoms with E-state index in [9.17, 15) is 4.79 Å². The molecule has 1 aromatic carbocycles. The second-order valence-electron chi connectivity index (χ2n) is 4.45. The molecule has 0 saturated carbocycles. The minimum absolute atomic E-state index is 0.103. The molecule has 5 nitrogen and oxygen atoms in total. The normalized spacial score (nSPS) is 10.8. The molecule has 0 bridgehead atoms. The van der Waals surface area contributed by atoms with Crippen LogP contribution in [0.3, 0.4) is 0 Å². The fourth-order valence-electron chi connectivity index (χ4n) is 1.81. The number of aromatic nitrogens is 2. The Morgan fingerprint density at radius 2 is 2.33 bits per heavy atom. The lowest BCUT2D eigenvalue weighted by Gasteiger charge is -2.13. The minimum Gasteiger partial charge on any atom is -0.496 e. The summed E-state index contributed by atoms with van der Waals surface area (Å²) in [5.41, 5.74) is 0.839. The molecular formula is C15H16BrN3O2. The SMILES string of the molecule is COc1ccc(Br)cc1C=CC(=O)N(C)Cc1ncc[nH]1. The quantitative estimate of drug-likeness (QED) is 0.844. The van der Waals surface area contributed by atoms with Gasteiger partial charge >= 0.3 is 0 Å². The van der Waals surface area contributed by atoms with Crippen LogP contribution in [0, 0.1) is 0 Å². The molecule has 1 aromatic heterocycles. The van der Waals surface area contributed by atoms with Crippen LogP contribution in [-0.2, 0) is 11.3 Å². The summed E-state index contributed by atoms with van der Waals surface area (Å²) in [6, 6.07) is 5.64. The summed E-state index contributed by atoms with van der Waals surface area (Å²) in [5.74, 6) is 1.36. The molecular weight excluding hydrogens is 334 g/mol. The molecule has 1 heterocycles. The molecule has 2 rings (SSSR count). The number of H-pyrrole nitrogens is 1. The van der Waals surface area contributed by atoms with Gasteiger partial charge in [-0.05, 0) is 24.3 Å². The van der Waals surface area contributed by atoms with Gasteiger partial charge in [0.25, 0.3) is 0 Å². The van der Waals surface area contributed by atoms with Crippen LogP contribution in [-0.4, -0.2) is 34.9 Å². The number of nitrogens with one attached hydrogen (secondary N) is 1. The van der Waals surface area contributed by atoms with Crippen molar-refractivity contribution in [3.05, 3.63) is 52.5 Å². The van der Waals surface area contributed by atoms with E-state index in [4.69, 9.17) is 4.74 Å². The van der Waals surface area contributed by atoms with Crippen LogP contribution in [0.15, 0.2) is 41.1 Å². The first-order valence-corrected chi connectivity index (χ1v) is 7.14. The van der Waals surface area contributed by atoms with Gasteiger partial charge in [-0.1, -0.05) is 15.9 Å². The van der Waals surface area contributed by atoms with Crippen molar-refractivity contribution in [2.75, 3.05) is 14.2 Å². The predicted octanol–water partition coefficient (Wildman–Crippen LogP) is 2.85. The van der Waals surface area contributed by atoms with Gasteiger partial charge in [-0.3, -0.25) is 4.79 Å². The van der Waals surface area contributed by atoms with Gasteiger partial charge in [-0.15, -0.1) is 0 Å². The summed E-state index contributed by atoms with van der Waals surface area (Å²) in [4.78, 5) is 20.7. The molecule has 110 valence electrons. The van der Waals surface area contributed by atoms with Crippen molar-refractivity contribution in [3.8, 4) is 5.75 Å². The lowest BCUT2D eigenvalue weighted by atomic mass is 10.2. The van der Waals surface area contributed by atoms with E-state index in [2.05, 4.69) is 25.9 Å². The first kappa shape index (κ1) is 15.3. The van der Waals surface area contributed by atoms with Crippen molar-refractivity contribution in [2.24, 2.45) is 0 Å². The van der Waals surface area contributed by atoms with Crippen molar-refractivity contribution in [2.45, 2.75) is 6.54 Å². The molecule has 0 aliphatic rings. The first-order valence-electron chi connectivity index (χ1n) is 6.35. The smallest absolute Gasteiger partial charge is 0.246 e. The number of nitrogens with zero attached hydrogens (tertiary/aromatic N) is 2. The second-order valence-corrected chi connectivity index (χ2v) is 5.37. The summed E-state index contributed by atoms with van der Waals surface area (Å²) < 4.78 is 6.20. The number of hydrogen-bond donors (Lipinski definition) is 1. The molecule has 0 atom stereocenters. The molecule has 0 aliphatic heterocycles. The Labute approximate surface area is 131 Å². The third-order valence-corrected chi connectivity index (χ3v) is 3.41. The van der Waals surface area contributed by atoms with Gasteiger partial charge in [-0.25, -0.2) is 4.98 Å². The third kappa shape index (κ3) is 4.19. The molecule has 0 saturated heterocycles. The number of aromatic amines is 1. The number of amides is 1. The maximum atomic E-state index is 12.1. The lowest BCUT2D eigenvalue weighted by molar-refractivity contribution is -0.125. The number of carbonyl (C=O) groups is 1. The Kier molecular flexibility index (Phi) is 5.16. The topological polar surface area (TPSA) is 58.2 Å². The second kappa shape index (κ2) is 7.08. The number of methoxy groups -OCH3 is 1. The monoisotopic (exact) mass is 349 g/mol. The van der Waals surface area contributed by atoms with Crippen molar-refractivity contribution in [1.82, 2.24) is 14.9 Å². The van der Waals surface area contributed by atoms with Crippen molar-refractivity contribution in [1.29, 1.82) is 0 Å². The van der Waals surface area contributed by atoms with Crippen LogP contribution < -0.4 is 4.74 Å². The standard InChI is InChI=1S/C15H16BrN3O2/c1-19(10-14-17-7-8-18-14)15(20)6-3-11-9-12(16)4-5-13(11)21-2/h3-9H,10H2,1-2H3,(H,17,18). The number of halogens is 1. The Hall–Kier alpha value is -2.08. The number of hydrogen-bond acceptors (Lipinski definition) is 3. The molecule has 1 N–H and O–H groups in total. The first-order chi connectivity index (χ1) is 10.1. The van der Waals surface area contributed by atoms with Crippen LogP contribution >= 0.6 is 15.9 Å². The zero-order chi connectivity index (χ0) is 15.2. The predicted molar refractivity (Wildman–Crippen MR) is 84.8 cm³/mol. The largest absolute Gasteiger partial charge is 0.496 e. The van der Waals surface area contributed by atoms with E-state index in [-0.39, 0.29) is 5.91 Å². The number of likely N-dealkylation sites (N-methyl/N-ethyl adjacent to an activating group) is 1. The van der Waals surface area contributed by atoms with Gasteiger partial charge in [0, 0.05) is 35.6 Å². The zero-order valence-electron chi connectivity index (χ0n) is 11.8. The van der Waals surface area contributed by atoms with Crippen LogP contribution in [0.5, 0.6) is 5.75 Å². The highest BCUT2D eigenvalue weighted by Gasteiger charge is 2.08. The molecule has 1 amide bonds. The van der Waals surface area contributed by atoms with Crippen LogP contribution in [0.2, 0.25) is 0 Å². The number of rotatable bonds is 5. The van der Waals surface area contributed by atoms with Gasteiger partial charge in [0.15, 0.2) is 0 Å². The van der Waals surface area contributed by atoms with E-state index in [1.54, 1.807) is 37.5 Å². The fourth-order valence-corrected chi connectivity index (χ4v) is 2.19. The maximum Gasteiger partial charge on any atom is 0.246 e. The molecule has 0 radical (unpaired) electrons.